The molecular formula is C8H16N2O4S. The number of hydrogen-bond donors (Lipinski definition) is 2. The van der Waals surface area contributed by atoms with Crippen LogP contribution < -0.4 is 5.32 Å². The van der Waals surface area contributed by atoms with E-state index in [0.29, 0.717) is 6.54 Å². The molecule has 0 aromatic heterocycles. The summed E-state index contributed by atoms with van der Waals surface area (Å²) >= 11 is 0. The lowest BCUT2D eigenvalue weighted by Gasteiger charge is -2.36. The number of rotatable bonds is 3. The Labute approximate surface area is 89.3 Å². The lowest BCUT2D eigenvalue weighted by molar-refractivity contribution is -0.137. The van der Waals surface area contributed by atoms with Crippen molar-refractivity contribution in [1.82, 2.24) is 9.62 Å². The van der Waals surface area contributed by atoms with Gasteiger partial charge in [-0.3, -0.25) is 4.79 Å². The van der Waals surface area contributed by atoms with E-state index in [1.807, 2.05) is 0 Å². The van der Waals surface area contributed by atoms with E-state index in [1.54, 1.807) is 6.92 Å². The van der Waals surface area contributed by atoms with Gasteiger partial charge in [-0.2, -0.15) is 4.31 Å². The average Bonchev–Trinajstić information content (AvgIpc) is 2.05. The van der Waals surface area contributed by atoms with E-state index in [-0.39, 0.29) is 25.0 Å². The SMILES string of the molecule is C[C@@H]1CN[C@@H](CC(=O)O)CN1S(C)(=O)=O. The van der Waals surface area contributed by atoms with Crippen LogP contribution in [0.25, 0.3) is 0 Å². The Kier molecular flexibility index (Phi) is 3.69. The Hall–Kier alpha value is -0.660. The molecule has 0 saturated carbocycles. The van der Waals surface area contributed by atoms with E-state index in [0.717, 1.165) is 6.26 Å². The number of sulfonamides is 1. The molecule has 2 atom stereocenters. The van der Waals surface area contributed by atoms with Crippen LogP contribution in [0.15, 0.2) is 0 Å². The van der Waals surface area contributed by atoms with Crippen molar-refractivity contribution in [3.05, 3.63) is 0 Å². The van der Waals surface area contributed by atoms with Crippen molar-refractivity contribution in [1.29, 1.82) is 0 Å². The zero-order valence-corrected chi connectivity index (χ0v) is 9.62. The van der Waals surface area contributed by atoms with Crippen molar-refractivity contribution in [3.63, 3.8) is 0 Å². The molecule has 0 unspecified atom stereocenters. The van der Waals surface area contributed by atoms with Crippen molar-refractivity contribution in [2.24, 2.45) is 0 Å². The summed E-state index contributed by atoms with van der Waals surface area (Å²) in [6.45, 7) is 2.52. The van der Waals surface area contributed by atoms with Gasteiger partial charge in [0.1, 0.15) is 0 Å². The highest BCUT2D eigenvalue weighted by Crippen LogP contribution is 2.12. The summed E-state index contributed by atoms with van der Waals surface area (Å²) in [5.41, 5.74) is 0. The van der Waals surface area contributed by atoms with Gasteiger partial charge in [0.15, 0.2) is 0 Å². The second-order valence-corrected chi connectivity index (χ2v) is 5.82. The van der Waals surface area contributed by atoms with Crippen LogP contribution in [0.4, 0.5) is 0 Å². The Morgan fingerprint density at radius 1 is 1.60 bits per heavy atom. The van der Waals surface area contributed by atoms with Gasteiger partial charge in [0.2, 0.25) is 10.0 Å². The minimum absolute atomic E-state index is 0.0568. The molecule has 0 aliphatic carbocycles. The zero-order valence-electron chi connectivity index (χ0n) is 8.80. The first-order valence-electron chi connectivity index (χ1n) is 4.72. The smallest absolute Gasteiger partial charge is 0.304 e. The maximum Gasteiger partial charge on any atom is 0.304 e. The lowest BCUT2D eigenvalue weighted by atomic mass is 10.1. The summed E-state index contributed by atoms with van der Waals surface area (Å²) in [7, 11) is -3.24. The van der Waals surface area contributed by atoms with Gasteiger partial charge in [-0.25, -0.2) is 8.42 Å². The Morgan fingerprint density at radius 2 is 2.20 bits per heavy atom. The molecule has 1 heterocycles. The van der Waals surface area contributed by atoms with Crippen molar-refractivity contribution in [2.45, 2.75) is 25.4 Å². The zero-order chi connectivity index (χ0) is 11.6. The Balaban J connectivity index is 2.68. The van der Waals surface area contributed by atoms with Crippen molar-refractivity contribution < 1.29 is 18.3 Å². The summed E-state index contributed by atoms with van der Waals surface area (Å²) in [6, 6.07) is -0.418. The molecule has 6 nitrogen and oxygen atoms in total. The topological polar surface area (TPSA) is 86.7 Å². The molecule has 1 saturated heterocycles. The largest absolute Gasteiger partial charge is 0.481 e. The van der Waals surface area contributed by atoms with Crippen LogP contribution in [-0.2, 0) is 14.8 Å². The molecule has 0 spiro atoms. The van der Waals surface area contributed by atoms with Crippen LogP contribution in [0.5, 0.6) is 0 Å². The monoisotopic (exact) mass is 236 g/mol. The number of aliphatic carboxylic acids is 1. The number of carboxylic acid groups (broad SMARTS) is 1. The van der Waals surface area contributed by atoms with E-state index in [4.69, 9.17) is 5.11 Å². The normalized spacial score (nSPS) is 28.9. The molecule has 1 rings (SSSR count). The predicted octanol–water partition coefficient (Wildman–Crippen LogP) is -0.917. The highest BCUT2D eigenvalue weighted by Gasteiger charge is 2.31. The van der Waals surface area contributed by atoms with E-state index in [2.05, 4.69) is 5.32 Å². The first-order valence-corrected chi connectivity index (χ1v) is 6.57. The Bertz CT molecular complexity index is 341. The van der Waals surface area contributed by atoms with Crippen LogP contribution in [0.1, 0.15) is 13.3 Å². The molecule has 0 bridgehead atoms. The maximum absolute atomic E-state index is 11.4. The maximum atomic E-state index is 11.4. The van der Waals surface area contributed by atoms with Gasteiger partial charge in [-0.1, -0.05) is 0 Å². The highest BCUT2D eigenvalue weighted by molar-refractivity contribution is 7.88. The molecule has 0 aromatic carbocycles. The van der Waals surface area contributed by atoms with Crippen molar-refractivity contribution >= 4 is 16.0 Å². The van der Waals surface area contributed by atoms with Gasteiger partial charge in [0.05, 0.1) is 12.7 Å². The number of carboxylic acids is 1. The second kappa shape index (κ2) is 4.46. The fourth-order valence-corrected chi connectivity index (χ4v) is 2.89. The van der Waals surface area contributed by atoms with Crippen LogP contribution >= 0.6 is 0 Å². The van der Waals surface area contributed by atoms with Gasteiger partial charge < -0.3 is 10.4 Å². The quantitative estimate of drug-likeness (QED) is 0.662. The lowest BCUT2D eigenvalue weighted by Crippen LogP contribution is -2.57. The van der Waals surface area contributed by atoms with E-state index in [9.17, 15) is 13.2 Å². The second-order valence-electron chi connectivity index (χ2n) is 3.88. The van der Waals surface area contributed by atoms with Gasteiger partial charge >= 0.3 is 5.97 Å². The fourth-order valence-electron chi connectivity index (χ4n) is 1.71. The molecule has 15 heavy (non-hydrogen) atoms. The standard InChI is InChI=1S/C8H16N2O4S/c1-6-4-9-7(3-8(11)12)5-10(6)15(2,13)14/h6-7,9H,3-5H2,1-2H3,(H,11,12)/t6-,7+/m1/s1. The number of carbonyl (C=O) groups is 1. The third-order valence-corrected chi connectivity index (χ3v) is 3.80. The summed E-state index contributed by atoms with van der Waals surface area (Å²) in [6.07, 6.45) is 1.09. The van der Waals surface area contributed by atoms with Crippen LogP contribution in [0.2, 0.25) is 0 Å². The van der Waals surface area contributed by atoms with E-state index >= 15 is 0 Å². The van der Waals surface area contributed by atoms with Crippen LogP contribution in [-0.4, -0.2) is 55.2 Å². The van der Waals surface area contributed by atoms with Gasteiger partial charge in [0, 0.05) is 25.2 Å². The number of piperazine rings is 1. The number of nitrogens with one attached hydrogen (secondary N) is 1. The van der Waals surface area contributed by atoms with Crippen molar-refractivity contribution in [2.75, 3.05) is 19.3 Å². The molecule has 1 fully saturated rings. The molecule has 2 N–H and O–H groups in total. The van der Waals surface area contributed by atoms with Gasteiger partial charge in [0.25, 0.3) is 0 Å². The first kappa shape index (κ1) is 12.4. The molecule has 1 aliphatic heterocycles. The van der Waals surface area contributed by atoms with Crippen LogP contribution in [0.3, 0.4) is 0 Å². The molecular weight excluding hydrogens is 220 g/mol. The third-order valence-electron chi connectivity index (χ3n) is 2.44. The molecule has 88 valence electrons. The highest BCUT2D eigenvalue weighted by atomic mass is 32.2. The molecule has 1 aliphatic rings. The minimum atomic E-state index is -3.24. The first-order chi connectivity index (χ1) is 6.80. The Morgan fingerprint density at radius 3 is 2.67 bits per heavy atom. The van der Waals surface area contributed by atoms with Crippen molar-refractivity contribution in [3.8, 4) is 0 Å². The molecule has 0 amide bonds. The number of hydrogen-bond acceptors (Lipinski definition) is 4. The summed E-state index contributed by atoms with van der Waals surface area (Å²) < 4.78 is 24.1. The van der Waals surface area contributed by atoms with Gasteiger partial charge in [-0.15, -0.1) is 0 Å². The molecule has 0 radical (unpaired) electrons. The predicted molar refractivity (Wildman–Crippen MR) is 55.1 cm³/mol. The molecule has 0 aromatic rings. The van der Waals surface area contributed by atoms with Gasteiger partial charge in [-0.05, 0) is 6.92 Å². The molecule has 7 heteroatoms. The average molecular weight is 236 g/mol. The van der Waals surface area contributed by atoms with E-state index in [1.165, 1.54) is 4.31 Å². The third kappa shape index (κ3) is 3.44. The summed E-state index contributed by atoms with van der Waals surface area (Å²) in [5, 5.41) is 11.6. The minimum Gasteiger partial charge on any atom is -0.481 e. The van der Waals surface area contributed by atoms with Crippen LogP contribution in [0, 0.1) is 0 Å². The number of nitrogens with zero attached hydrogens (tertiary/aromatic N) is 1. The summed E-state index contributed by atoms with van der Waals surface area (Å²) in [5.74, 6) is -0.921. The fraction of sp³-hybridized carbons (Fsp3) is 0.875. The van der Waals surface area contributed by atoms with E-state index < -0.39 is 16.0 Å². The summed E-state index contributed by atoms with van der Waals surface area (Å²) in [4.78, 5) is 10.5.